The molecular formula is C11H8Cl3N3O. The van der Waals surface area contributed by atoms with Gasteiger partial charge < -0.3 is 5.32 Å². The summed E-state index contributed by atoms with van der Waals surface area (Å²) in [5.74, 6) is 0. The Hall–Kier alpha value is -1.23. The summed E-state index contributed by atoms with van der Waals surface area (Å²) in [7, 11) is 0. The minimum absolute atomic E-state index is 0.264. The Labute approximate surface area is 118 Å². The summed E-state index contributed by atoms with van der Waals surface area (Å²) < 4.78 is 1.20. The third-order valence-corrected chi connectivity index (χ3v) is 3.10. The number of rotatable bonds is 1. The van der Waals surface area contributed by atoms with Gasteiger partial charge in [0.2, 0.25) is 0 Å². The highest BCUT2D eigenvalue weighted by molar-refractivity contribution is 6.35. The Kier molecular flexibility index (Phi) is 3.80. The van der Waals surface area contributed by atoms with Crippen molar-refractivity contribution >= 4 is 46.5 Å². The SMILES string of the molecule is Cc1ncn(C(=O)Nc2cc(Cl)cc(Cl)c2)c1Cl. The zero-order valence-electron chi connectivity index (χ0n) is 9.25. The molecule has 0 aliphatic heterocycles. The number of hydrogen-bond acceptors (Lipinski definition) is 2. The van der Waals surface area contributed by atoms with Gasteiger partial charge in [-0.3, -0.25) is 0 Å². The number of carbonyl (C=O) groups is 1. The first-order valence-electron chi connectivity index (χ1n) is 4.94. The molecule has 0 unspecified atom stereocenters. The second-order valence-electron chi connectivity index (χ2n) is 3.58. The molecule has 0 fully saturated rings. The first kappa shape index (κ1) is 13.2. The van der Waals surface area contributed by atoms with Crippen LogP contribution in [0.4, 0.5) is 10.5 Å². The highest BCUT2D eigenvalue weighted by Crippen LogP contribution is 2.23. The smallest absolute Gasteiger partial charge is 0.307 e. The average molecular weight is 305 g/mol. The van der Waals surface area contributed by atoms with E-state index < -0.39 is 6.03 Å². The quantitative estimate of drug-likeness (QED) is 0.857. The van der Waals surface area contributed by atoms with E-state index in [2.05, 4.69) is 10.3 Å². The highest BCUT2D eigenvalue weighted by atomic mass is 35.5. The maximum atomic E-state index is 11.9. The van der Waals surface area contributed by atoms with Gasteiger partial charge in [0, 0.05) is 15.7 Å². The topological polar surface area (TPSA) is 46.9 Å². The molecule has 0 spiro atoms. The fourth-order valence-corrected chi connectivity index (χ4v) is 2.07. The van der Waals surface area contributed by atoms with Crippen molar-refractivity contribution in [3.05, 3.63) is 45.4 Å². The molecular weight excluding hydrogens is 296 g/mol. The first-order chi connectivity index (χ1) is 8.47. The van der Waals surface area contributed by atoms with Gasteiger partial charge >= 0.3 is 6.03 Å². The number of anilines is 1. The number of halogens is 3. The van der Waals surface area contributed by atoms with Crippen molar-refractivity contribution in [3.63, 3.8) is 0 Å². The van der Waals surface area contributed by atoms with Gasteiger partial charge in [-0.1, -0.05) is 34.8 Å². The summed E-state index contributed by atoms with van der Waals surface area (Å²) >= 11 is 17.6. The monoisotopic (exact) mass is 303 g/mol. The molecule has 0 atom stereocenters. The molecule has 0 saturated heterocycles. The summed E-state index contributed by atoms with van der Waals surface area (Å²) in [5.41, 5.74) is 1.07. The average Bonchev–Trinajstić information content (AvgIpc) is 2.58. The lowest BCUT2D eigenvalue weighted by Gasteiger charge is -2.07. The third kappa shape index (κ3) is 2.77. The molecule has 0 aliphatic carbocycles. The number of benzene rings is 1. The fraction of sp³-hybridized carbons (Fsp3) is 0.0909. The second kappa shape index (κ2) is 5.18. The summed E-state index contributed by atoms with van der Waals surface area (Å²) in [4.78, 5) is 15.8. The van der Waals surface area contributed by atoms with Crippen LogP contribution in [0.1, 0.15) is 5.69 Å². The molecule has 2 rings (SSSR count). The Morgan fingerprint density at radius 1 is 1.22 bits per heavy atom. The zero-order valence-corrected chi connectivity index (χ0v) is 11.5. The Bertz CT molecular complexity index is 589. The lowest BCUT2D eigenvalue weighted by molar-refractivity contribution is 0.253. The van der Waals surface area contributed by atoms with Gasteiger partial charge in [-0.15, -0.1) is 0 Å². The number of aromatic nitrogens is 2. The molecule has 1 aromatic carbocycles. The number of nitrogens with one attached hydrogen (secondary N) is 1. The van der Waals surface area contributed by atoms with Crippen LogP contribution in [0.25, 0.3) is 0 Å². The predicted molar refractivity (Wildman–Crippen MR) is 72.9 cm³/mol. The van der Waals surface area contributed by atoms with Crippen molar-refractivity contribution in [2.45, 2.75) is 6.92 Å². The lowest BCUT2D eigenvalue weighted by atomic mass is 10.3. The third-order valence-electron chi connectivity index (χ3n) is 2.21. The molecule has 4 nitrogen and oxygen atoms in total. The Morgan fingerprint density at radius 2 is 1.83 bits per heavy atom. The van der Waals surface area contributed by atoms with E-state index >= 15 is 0 Å². The summed E-state index contributed by atoms with van der Waals surface area (Å²) in [6, 6.07) is 4.32. The first-order valence-corrected chi connectivity index (χ1v) is 6.07. The van der Waals surface area contributed by atoms with Crippen LogP contribution in [0.2, 0.25) is 15.2 Å². The number of nitrogens with zero attached hydrogens (tertiary/aromatic N) is 2. The second-order valence-corrected chi connectivity index (χ2v) is 4.81. The standard InChI is InChI=1S/C11H8Cl3N3O/c1-6-10(14)17(5-15-6)11(18)16-9-3-7(12)2-8(13)4-9/h2-5H,1H3,(H,16,18). The van der Waals surface area contributed by atoms with E-state index in [1.807, 2.05) is 0 Å². The molecule has 0 radical (unpaired) electrons. The van der Waals surface area contributed by atoms with Crippen molar-refractivity contribution in [1.29, 1.82) is 0 Å². The van der Waals surface area contributed by atoms with Crippen molar-refractivity contribution in [3.8, 4) is 0 Å². The number of carbonyl (C=O) groups excluding carboxylic acids is 1. The van der Waals surface area contributed by atoms with E-state index in [1.165, 1.54) is 10.9 Å². The molecule has 0 saturated carbocycles. The van der Waals surface area contributed by atoms with Crippen molar-refractivity contribution in [2.24, 2.45) is 0 Å². The molecule has 7 heteroatoms. The van der Waals surface area contributed by atoms with Gasteiger partial charge in [-0.2, -0.15) is 0 Å². The molecule has 1 amide bonds. The van der Waals surface area contributed by atoms with Crippen LogP contribution in [-0.2, 0) is 0 Å². The van der Waals surface area contributed by atoms with E-state index in [9.17, 15) is 4.79 Å². The largest absolute Gasteiger partial charge is 0.332 e. The highest BCUT2D eigenvalue weighted by Gasteiger charge is 2.12. The minimum Gasteiger partial charge on any atom is -0.307 e. The minimum atomic E-state index is -0.432. The van der Waals surface area contributed by atoms with E-state index in [0.29, 0.717) is 21.4 Å². The van der Waals surface area contributed by atoms with Gasteiger partial charge in [0.1, 0.15) is 11.5 Å². The van der Waals surface area contributed by atoms with E-state index in [0.717, 1.165) is 0 Å². The predicted octanol–water partition coefficient (Wildman–Crippen LogP) is 4.23. The number of hydrogen-bond donors (Lipinski definition) is 1. The van der Waals surface area contributed by atoms with Crippen LogP contribution in [0, 0.1) is 6.92 Å². The summed E-state index contributed by atoms with van der Waals surface area (Å²) in [6.45, 7) is 1.71. The lowest BCUT2D eigenvalue weighted by Crippen LogP contribution is -2.18. The van der Waals surface area contributed by atoms with Crippen LogP contribution in [0.5, 0.6) is 0 Å². The van der Waals surface area contributed by atoms with Crippen LogP contribution >= 0.6 is 34.8 Å². The van der Waals surface area contributed by atoms with E-state index in [1.54, 1.807) is 25.1 Å². The van der Waals surface area contributed by atoms with Gasteiger partial charge in [0.15, 0.2) is 0 Å². The molecule has 1 aromatic heterocycles. The molecule has 1 heterocycles. The van der Waals surface area contributed by atoms with Gasteiger partial charge in [0.05, 0.1) is 5.69 Å². The molecule has 0 bridgehead atoms. The number of aryl methyl sites for hydroxylation is 1. The van der Waals surface area contributed by atoms with Crippen molar-refractivity contribution in [1.82, 2.24) is 9.55 Å². The molecule has 1 N–H and O–H groups in total. The van der Waals surface area contributed by atoms with E-state index in [4.69, 9.17) is 34.8 Å². The van der Waals surface area contributed by atoms with Crippen molar-refractivity contribution < 1.29 is 4.79 Å². The van der Waals surface area contributed by atoms with Crippen molar-refractivity contribution in [2.75, 3.05) is 5.32 Å². The molecule has 2 aromatic rings. The molecule has 94 valence electrons. The molecule has 0 aliphatic rings. The van der Waals surface area contributed by atoms with Crippen LogP contribution in [0.3, 0.4) is 0 Å². The normalized spacial score (nSPS) is 10.4. The number of imidazole rings is 1. The Morgan fingerprint density at radius 3 is 2.33 bits per heavy atom. The fourth-order valence-electron chi connectivity index (χ4n) is 1.37. The van der Waals surface area contributed by atoms with Crippen LogP contribution in [-0.4, -0.2) is 15.6 Å². The summed E-state index contributed by atoms with van der Waals surface area (Å²) in [6.07, 6.45) is 1.35. The number of amides is 1. The van der Waals surface area contributed by atoms with E-state index in [-0.39, 0.29) is 5.15 Å². The zero-order chi connectivity index (χ0) is 13.3. The maximum absolute atomic E-state index is 11.9. The van der Waals surface area contributed by atoms with Gasteiger partial charge in [0.25, 0.3) is 0 Å². The Balaban J connectivity index is 2.24. The van der Waals surface area contributed by atoms with Gasteiger partial charge in [-0.25, -0.2) is 14.3 Å². The van der Waals surface area contributed by atoms with Crippen LogP contribution < -0.4 is 5.32 Å². The summed E-state index contributed by atoms with van der Waals surface area (Å²) in [5, 5.41) is 3.76. The van der Waals surface area contributed by atoms with Crippen LogP contribution in [0.15, 0.2) is 24.5 Å². The maximum Gasteiger partial charge on any atom is 0.332 e. The van der Waals surface area contributed by atoms with Gasteiger partial charge in [-0.05, 0) is 25.1 Å². The molecule has 18 heavy (non-hydrogen) atoms.